The molecule has 1 aromatic carbocycles. The number of rotatable bonds is 4. The molecule has 5 rings (SSSR count). The molecule has 0 unspecified atom stereocenters. The van der Waals surface area contributed by atoms with Crippen molar-refractivity contribution in [2.45, 2.75) is 57.5 Å². The Labute approximate surface area is 175 Å². The molecule has 0 radical (unpaired) electrons. The fourth-order valence-corrected chi connectivity index (χ4v) is 5.63. The van der Waals surface area contributed by atoms with Gasteiger partial charge < -0.3 is 10.4 Å². The van der Waals surface area contributed by atoms with Crippen LogP contribution in [-0.4, -0.2) is 50.4 Å². The third-order valence-electron chi connectivity index (χ3n) is 6.35. The van der Waals surface area contributed by atoms with Gasteiger partial charge in [-0.3, -0.25) is 4.90 Å². The van der Waals surface area contributed by atoms with Crippen LogP contribution in [0.5, 0.6) is 5.75 Å². The minimum atomic E-state index is 0.253. The number of nitrogens with one attached hydrogen (secondary N) is 1. The number of anilines is 1. The first-order chi connectivity index (χ1) is 14.2. The first-order valence-corrected chi connectivity index (χ1v) is 11.5. The Morgan fingerprint density at radius 3 is 2.79 bits per heavy atom. The zero-order valence-corrected chi connectivity index (χ0v) is 17.6. The van der Waals surface area contributed by atoms with E-state index in [0.29, 0.717) is 23.2 Å². The Kier molecular flexibility index (Phi) is 5.09. The number of benzene rings is 1. The molecule has 7 heteroatoms. The van der Waals surface area contributed by atoms with Gasteiger partial charge in [0.25, 0.3) is 0 Å². The van der Waals surface area contributed by atoms with Gasteiger partial charge in [-0.2, -0.15) is 0 Å². The fraction of sp³-hybridized carbons (Fsp3) is 0.500. The average Bonchev–Trinajstić information content (AvgIpc) is 3.42. The molecule has 1 saturated carbocycles. The van der Waals surface area contributed by atoms with Gasteiger partial charge in [0.2, 0.25) is 5.95 Å². The molecular formula is C22H27N5OS. The maximum Gasteiger partial charge on any atom is 0.243 e. The van der Waals surface area contributed by atoms with E-state index in [1.54, 1.807) is 11.3 Å². The SMILES string of the molecule is Cc1nc(N[C@@H]2CCCN(C3CCCC3)C2)nnc1-c1ccc2sccc2c1O. The van der Waals surface area contributed by atoms with Crippen LogP contribution in [0, 0.1) is 6.92 Å². The number of thiophene rings is 1. The minimum absolute atomic E-state index is 0.253. The number of phenols is 1. The second-order valence-corrected chi connectivity index (χ2v) is 9.23. The van der Waals surface area contributed by atoms with Crippen LogP contribution in [0.1, 0.15) is 44.2 Å². The van der Waals surface area contributed by atoms with Crippen molar-refractivity contribution in [3.8, 4) is 17.0 Å². The standard InChI is InChI=1S/C22H27N5OS/c1-14-20(18-8-9-19-17(21(18)28)10-12-29-19)25-26-22(23-14)24-15-5-4-11-27(13-15)16-6-2-3-7-16/h8-10,12,15-16,28H,2-7,11,13H2,1H3,(H,23,24,26)/t15-/m1/s1. The second kappa shape index (κ2) is 7.88. The van der Waals surface area contributed by atoms with Crippen molar-refractivity contribution in [2.24, 2.45) is 0 Å². The highest BCUT2D eigenvalue weighted by atomic mass is 32.1. The van der Waals surface area contributed by atoms with Crippen molar-refractivity contribution in [2.75, 3.05) is 18.4 Å². The Hall–Kier alpha value is -2.25. The molecule has 1 atom stereocenters. The molecule has 152 valence electrons. The molecule has 3 aromatic rings. The Morgan fingerprint density at radius 1 is 1.10 bits per heavy atom. The van der Waals surface area contributed by atoms with Crippen LogP contribution in [0.3, 0.4) is 0 Å². The van der Waals surface area contributed by atoms with E-state index in [0.717, 1.165) is 34.8 Å². The van der Waals surface area contributed by atoms with Crippen molar-refractivity contribution in [3.05, 3.63) is 29.3 Å². The lowest BCUT2D eigenvalue weighted by atomic mass is 10.0. The van der Waals surface area contributed by atoms with Crippen molar-refractivity contribution in [1.29, 1.82) is 0 Å². The van der Waals surface area contributed by atoms with Gasteiger partial charge in [0.1, 0.15) is 11.4 Å². The number of hydrogen-bond donors (Lipinski definition) is 2. The summed E-state index contributed by atoms with van der Waals surface area (Å²) in [4.78, 5) is 7.31. The molecule has 2 aromatic heterocycles. The number of fused-ring (bicyclic) bond motifs is 1. The van der Waals surface area contributed by atoms with Gasteiger partial charge in [-0.05, 0) is 62.7 Å². The van der Waals surface area contributed by atoms with Gasteiger partial charge in [-0.1, -0.05) is 12.8 Å². The van der Waals surface area contributed by atoms with Gasteiger partial charge in [0, 0.05) is 34.3 Å². The summed E-state index contributed by atoms with van der Waals surface area (Å²) in [5, 5.41) is 25.8. The van der Waals surface area contributed by atoms with Gasteiger partial charge in [0.05, 0.1) is 5.69 Å². The first-order valence-electron chi connectivity index (χ1n) is 10.6. The second-order valence-electron chi connectivity index (χ2n) is 8.28. The van der Waals surface area contributed by atoms with Gasteiger partial charge in [-0.15, -0.1) is 21.5 Å². The summed E-state index contributed by atoms with van der Waals surface area (Å²) in [6, 6.07) is 6.98. The summed E-state index contributed by atoms with van der Waals surface area (Å²) in [6.07, 6.45) is 7.79. The number of piperidine rings is 1. The summed E-state index contributed by atoms with van der Waals surface area (Å²) >= 11 is 1.61. The molecule has 0 bridgehead atoms. The lowest BCUT2D eigenvalue weighted by Crippen LogP contribution is -2.46. The largest absolute Gasteiger partial charge is 0.507 e. The van der Waals surface area contributed by atoms with Gasteiger partial charge in [-0.25, -0.2) is 4.98 Å². The van der Waals surface area contributed by atoms with E-state index in [1.165, 1.54) is 38.6 Å². The number of nitrogens with zero attached hydrogens (tertiary/aromatic N) is 4. The summed E-state index contributed by atoms with van der Waals surface area (Å²) in [5.74, 6) is 0.837. The molecule has 2 aliphatic rings. The maximum absolute atomic E-state index is 10.7. The van der Waals surface area contributed by atoms with Crippen LogP contribution in [0.25, 0.3) is 21.3 Å². The normalized spacial score (nSPS) is 21.1. The molecule has 6 nitrogen and oxygen atoms in total. The highest BCUT2D eigenvalue weighted by Crippen LogP contribution is 2.38. The van der Waals surface area contributed by atoms with Crippen LogP contribution >= 0.6 is 11.3 Å². The zero-order valence-electron chi connectivity index (χ0n) is 16.8. The summed E-state index contributed by atoms with van der Waals surface area (Å²) in [6.45, 7) is 4.20. The highest BCUT2D eigenvalue weighted by Gasteiger charge is 2.28. The fourth-order valence-electron chi connectivity index (χ4n) is 4.84. The summed E-state index contributed by atoms with van der Waals surface area (Å²) in [7, 11) is 0. The molecular weight excluding hydrogens is 382 g/mol. The highest BCUT2D eigenvalue weighted by molar-refractivity contribution is 7.17. The van der Waals surface area contributed by atoms with Gasteiger partial charge >= 0.3 is 0 Å². The number of aromatic hydroxyl groups is 1. The Balaban J connectivity index is 1.33. The molecule has 1 aliphatic heterocycles. The van der Waals surface area contributed by atoms with E-state index < -0.39 is 0 Å². The van der Waals surface area contributed by atoms with Crippen LogP contribution in [0.2, 0.25) is 0 Å². The zero-order chi connectivity index (χ0) is 19.8. The van der Waals surface area contributed by atoms with Crippen molar-refractivity contribution >= 4 is 27.4 Å². The average molecular weight is 410 g/mol. The first kappa shape index (κ1) is 18.8. The van der Waals surface area contributed by atoms with Crippen molar-refractivity contribution in [1.82, 2.24) is 20.1 Å². The van der Waals surface area contributed by atoms with E-state index in [4.69, 9.17) is 0 Å². The maximum atomic E-state index is 10.7. The van der Waals surface area contributed by atoms with E-state index in [-0.39, 0.29) is 5.75 Å². The minimum Gasteiger partial charge on any atom is -0.507 e. The molecule has 0 amide bonds. The van der Waals surface area contributed by atoms with Crippen LogP contribution in [0.15, 0.2) is 23.6 Å². The third kappa shape index (κ3) is 3.69. The van der Waals surface area contributed by atoms with Crippen LogP contribution in [0.4, 0.5) is 5.95 Å². The van der Waals surface area contributed by atoms with E-state index in [9.17, 15) is 5.11 Å². The molecule has 1 aliphatic carbocycles. The number of aromatic nitrogens is 3. The van der Waals surface area contributed by atoms with E-state index in [1.807, 2.05) is 30.5 Å². The molecule has 29 heavy (non-hydrogen) atoms. The predicted octanol–water partition coefficient (Wildman–Crippen LogP) is 4.59. The molecule has 0 spiro atoms. The topological polar surface area (TPSA) is 74.2 Å². The van der Waals surface area contributed by atoms with Crippen LogP contribution in [-0.2, 0) is 0 Å². The lowest BCUT2D eigenvalue weighted by molar-refractivity contribution is 0.156. The monoisotopic (exact) mass is 409 g/mol. The predicted molar refractivity (Wildman–Crippen MR) is 118 cm³/mol. The molecule has 2 N–H and O–H groups in total. The summed E-state index contributed by atoms with van der Waals surface area (Å²) < 4.78 is 1.06. The number of aryl methyl sites for hydroxylation is 1. The smallest absolute Gasteiger partial charge is 0.243 e. The quantitative estimate of drug-likeness (QED) is 0.657. The number of likely N-dealkylation sites (tertiary alicyclic amines) is 1. The Bertz CT molecular complexity index is 1010. The molecule has 1 saturated heterocycles. The third-order valence-corrected chi connectivity index (χ3v) is 7.23. The summed E-state index contributed by atoms with van der Waals surface area (Å²) in [5.41, 5.74) is 2.10. The van der Waals surface area contributed by atoms with E-state index >= 15 is 0 Å². The molecule has 3 heterocycles. The number of phenolic OH excluding ortho intramolecular Hbond substituents is 1. The number of hydrogen-bond acceptors (Lipinski definition) is 7. The van der Waals surface area contributed by atoms with Crippen molar-refractivity contribution < 1.29 is 5.11 Å². The van der Waals surface area contributed by atoms with Crippen LogP contribution < -0.4 is 5.32 Å². The van der Waals surface area contributed by atoms with Gasteiger partial charge in [0.15, 0.2) is 0 Å². The Morgan fingerprint density at radius 2 is 1.97 bits per heavy atom. The molecule has 2 fully saturated rings. The van der Waals surface area contributed by atoms with E-state index in [2.05, 4.69) is 25.4 Å². The lowest BCUT2D eigenvalue weighted by Gasteiger charge is -2.37. The van der Waals surface area contributed by atoms with Crippen molar-refractivity contribution in [3.63, 3.8) is 0 Å².